The van der Waals surface area contributed by atoms with Crippen molar-refractivity contribution in [3.63, 3.8) is 0 Å². The Morgan fingerprint density at radius 3 is 2.18 bits per heavy atom. The van der Waals surface area contributed by atoms with E-state index in [-0.39, 0.29) is 17.7 Å². The molecule has 1 aromatic carbocycles. The molecule has 0 N–H and O–H groups in total. The quantitative estimate of drug-likeness (QED) is 0.776. The molecular formula is C16H21NO5. The van der Waals surface area contributed by atoms with Crippen molar-refractivity contribution in [3.8, 4) is 17.2 Å². The lowest BCUT2D eigenvalue weighted by Gasteiger charge is -2.37. The van der Waals surface area contributed by atoms with Crippen LogP contribution in [0, 0.1) is 5.92 Å². The molecule has 2 rings (SSSR count). The second-order valence-electron chi connectivity index (χ2n) is 5.25. The van der Waals surface area contributed by atoms with Crippen molar-refractivity contribution in [2.45, 2.75) is 19.4 Å². The summed E-state index contributed by atoms with van der Waals surface area (Å²) >= 11 is 0. The van der Waals surface area contributed by atoms with E-state index in [9.17, 15) is 9.59 Å². The largest absolute Gasteiger partial charge is 0.493 e. The number of amides is 1. The van der Waals surface area contributed by atoms with Gasteiger partial charge in [0.05, 0.1) is 27.4 Å². The monoisotopic (exact) mass is 307 g/mol. The van der Waals surface area contributed by atoms with Gasteiger partial charge in [-0.1, -0.05) is 6.92 Å². The van der Waals surface area contributed by atoms with Gasteiger partial charge in [-0.25, -0.2) is 0 Å². The van der Waals surface area contributed by atoms with E-state index in [1.807, 2.05) is 6.92 Å². The van der Waals surface area contributed by atoms with E-state index < -0.39 is 0 Å². The third-order valence-corrected chi connectivity index (χ3v) is 4.12. The third-order valence-electron chi connectivity index (χ3n) is 4.12. The van der Waals surface area contributed by atoms with Gasteiger partial charge in [-0.2, -0.15) is 0 Å². The Morgan fingerprint density at radius 1 is 1.14 bits per heavy atom. The second kappa shape index (κ2) is 6.68. The number of hydrogen-bond donors (Lipinski definition) is 0. The predicted molar refractivity (Wildman–Crippen MR) is 80.4 cm³/mol. The van der Waals surface area contributed by atoms with Gasteiger partial charge in [0.2, 0.25) is 12.2 Å². The molecule has 1 aromatic rings. The zero-order valence-electron chi connectivity index (χ0n) is 13.3. The summed E-state index contributed by atoms with van der Waals surface area (Å²) in [6.45, 7) is 2.26. The zero-order valence-corrected chi connectivity index (χ0v) is 13.3. The summed E-state index contributed by atoms with van der Waals surface area (Å²) < 4.78 is 16.0. The summed E-state index contributed by atoms with van der Waals surface area (Å²) in [6, 6.07) is 3.25. The van der Waals surface area contributed by atoms with Crippen LogP contribution in [0.1, 0.15) is 24.9 Å². The highest BCUT2D eigenvalue weighted by Gasteiger charge is 2.35. The molecule has 1 aliphatic heterocycles. The van der Waals surface area contributed by atoms with E-state index in [1.54, 1.807) is 17.0 Å². The first-order valence-corrected chi connectivity index (χ1v) is 7.11. The summed E-state index contributed by atoms with van der Waals surface area (Å²) in [6.07, 6.45) is 1.18. The van der Waals surface area contributed by atoms with Crippen LogP contribution in [0.15, 0.2) is 12.1 Å². The molecule has 0 spiro atoms. The van der Waals surface area contributed by atoms with Crippen LogP contribution in [-0.2, 0) is 9.59 Å². The molecule has 0 aromatic heterocycles. The van der Waals surface area contributed by atoms with Crippen LogP contribution in [0.3, 0.4) is 0 Å². The minimum Gasteiger partial charge on any atom is -0.493 e. The van der Waals surface area contributed by atoms with Gasteiger partial charge in [0.25, 0.3) is 0 Å². The topological polar surface area (TPSA) is 65.1 Å². The number of rotatable bonds is 5. The van der Waals surface area contributed by atoms with Crippen molar-refractivity contribution in [3.05, 3.63) is 17.7 Å². The van der Waals surface area contributed by atoms with E-state index in [4.69, 9.17) is 14.2 Å². The molecule has 1 heterocycles. The fourth-order valence-corrected chi connectivity index (χ4v) is 2.94. The average molecular weight is 307 g/mol. The first-order chi connectivity index (χ1) is 10.6. The van der Waals surface area contributed by atoms with Crippen LogP contribution in [0.4, 0.5) is 0 Å². The number of carbonyl (C=O) groups excluding carboxylic acids is 2. The molecule has 1 saturated heterocycles. The van der Waals surface area contributed by atoms with Crippen molar-refractivity contribution >= 4 is 12.2 Å². The highest BCUT2D eigenvalue weighted by Crippen LogP contribution is 2.43. The number of Topliss-reactive ketones (excluding diaryl/α,β-unsaturated/α-hetero) is 1. The Bertz CT molecular complexity index is 545. The fourth-order valence-electron chi connectivity index (χ4n) is 2.94. The van der Waals surface area contributed by atoms with Crippen LogP contribution in [0.25, 0.3) is 0 Å². The molecule has 2 atom stereocenters. The van der Waals surface area contributed by atoms with Crippen LogP contribution in [0.2, 0.25) is 0 Å². The molecule has 1 amide bonds. The van der Waals surface area contributed by atoms with Crippen molar-refractivity contribution in [1.29, 1.82) is 0 Å². The van der Waals surface area contributed by atoms with E-state index >= 15 is 0 Å². The molecule has 0 unspecified atom stereocenters. The van der Waals surface area contributed by atoms with Crippen molar-refractivity contribution in [2.24, 2.45) is 5.92 Å². The molecule has 0 aliphatic carbocycles. The average Bonchev–Trinajstić information content (AvgIpc) is 2.55. The van der Waals surface area contributed by atoms with Gasteiger partial charge in [0.15, 0.2) is 11.5 Å². The van der Waals surface area contributed by atoms with E-state index in [0.717, 1.165) is 12.0 Å². The molecular weight excluding hydrogens is 286 g/mol. The van der Waals surface area contributed by atoms with Gasteiger partial charge in [0, 0.05) is 18.9 Å². The number of ketones is 1. The summed E-state index contributed by atoms with van der Waals surface area (Å²) in [7, 11) is 4.60. The standard InChI is InChI=1S/C16H21NO5/c1-10-12(19)5-6-17(9-18)15(10)11-7-13(20-2)16(22-4)14(8-11)21-3/h7-10,15H,5-6H2,1-4H3/t10-,15-/m0/s1. The zero-order chi connectivity index (χ0) is 16.3. The number of nitrogens with zero attached hydrogens (tertiary/aromatic N) is 1. The molecule has 0 radical (unpaired) electrons. The number of likely N-dealkylation sites (tertiary alicyclic amines) is 1. The van der Waals surface area contributed by atoms with Crippen LogP contribution in [0.5, 0.6) is 17.2 Å². The molecule has 0 saturated carbocycles. The molecule has 1 fully saturated rings. The van der Waals surface area contributed by atoms with Crippen molar-refractivity contribution in [2.75, 3.05) is 27.9 Å². The second-order valence-corrected chi connectivity index (χ2v) is 5.25. The molecule has 0 bridgehead atoms. The Kier molecular flexibility index (Phi) is 4.90. The van der Waals surface area contributed by atoms with Gasteiger partial charge in [-0.15, -0.1) is 0 Å². The number of methoxy groups -OCH3 is 3. The normalized spacial score (nSPS) is 21.5. The Hall–Kier alpha value is -2.24. The van der Waals surface area contributed by atoms with Gasteiger partial charge in [-0.3, -0.25) is 9.59 Å². The van der Waals surface area contributed by atoms with Gasteiger partial charge < -0.3 is 19.1 Å². The van der Waals surface area contributed by atoms with E-state index in [2.05, 4.69) is 0 Å². The first kappa shape index (κ1) is 16.1. The maximum absolute atomic E-state index is 12.0. The maximum atomic E-state index is 12.0. The fraction of sp³-hybridized carbons (Fsp3) is 0.500. The first-order valence-electron chi connectivity index (χ1n) is 7.11. The highest BCUT2D eigenvalue weighted by molar-refractivity contribution is 5.83. The third kappa shape index (κ3) is 2.73. The molecule has 6 heteroatoms. The van der Waals surface area contributed by atoms with Gasteiger partial charge >= 0.3 is 0 Å². The minimum atomic E-state index is -0.326. The maximum Gasteiger partial charge on any atom is 0.210 e. The summed E-state index contributed by atoms with van der Waals surface area (Å²) in [5.41, 5.74) is 0.794. The Balaban J connectivity index is 2.53. The van der Waals surface area contributed by atoms with Crippen LogP contribution in [-0.4, -0.2) is 45.0 Å². The minimum absolute atomic E-state index is 0.150. The lowest BCUT2D eigenvalue weighted by Crippen LogP contribution is -2.41. The number of ether oxygens (including phenoxy) is 3. The Labute approximate surface area is 129 Å². The number of benzene rings is 1. The van der Waals surface area contributed by atoms with E-state index in [0.29, 0.717) is 30.2 Å². The molecule has 120 valence electrons. The number of carbonyl (C=O) groups is 2. The molecule has 22 heavy (non-hydrogen) atoms. The lowest BCUT2D eigenvalue weighted by atomic mass is 9.85. The van der Waals surface area contributed by atoms with Gasteiger partial charge in [-0.05, 0) is 17.7 Å². The lowest BCUT2D eigenvalue weighted by molar-refractivity contribution is -0.133. The smallest absolute Gasteiger partial charge is 0.210 e. The van der Waals surface area contributed by atoms with Crippen molar-refractivity contribution in [1.82, 2.24) is 4.90 Å². The van der Waals surface area contributed by atoms with E-state index in [1.165, 1.54) is 21.3 Å². The summed E-state index contributed by atoms with van der Waals surface area (Å²) in [4.78, 5) is 25.0. The van der Waals surface area contributed by atoms with Crippen LogP contribution < -0.4 is 14.2 Å². The predicted octanol–water partition coefficient (Wildman–Crippen LogP) is 1.82. The molecule has 1 aliphatic rings. The molecule has 6 nitrogen and oxygen atoms in total. The summed E-state index contributed by atoms with van der Waals surface area (Å²) in [5, 5.41) is 0. The number of hydrogen-bond acceptors (Lipinski definition) is 5. The van der Waals surface area contributed by atoms with Gasteiger partial charge in [0.1, 0.15) is 5.78 Å². The van der Waals surface area contributed by atoms with Crippen LogP contribution >= 0.6 is 0 Å². The highest BCUT2D eigenvalue weighted by atomic mass is 16.5. The summed E-state index contributed by atoms with van der Waals surface area (Å²) in [5.74, 6) is 1.38. The number of piperidine rings is 1. The van der Waals surface area contributed by atoms with Crippen molar-refractivity contribution < 1.29 is 23.8 Å². The SMILES string of the molecule is COc1cc([C@@H]2[C@@H](C)C(=O)CCN2C=O)cc(OC)c1OC. The Morgan fingerprint density at radius 2 is 1.73 bits per heavy atom.